The monoisotopic (exact) mass is 245 g/mol. The average molecular weight is 245 g/mol. The van der Waals surface area contributed by atoms with Gasteiger partial charge in [0.2, 0.25) is 5.91 Å². The van der Waals surface area contributed by atoms with E-state index in [0.717, 1.165) is 0 Å². The van der Waals surface area contributed by atoms with Crippen LogP contribution in [0.4, 0.5) is 4.79 Å². The van der Waals surface area contributed by atoms with Gasteiger partial charge in [0.15, 0.2) is 0 Å². The number of carbonyl (C=O) groups is 3. The topological polar surface area (TPSA) is 113 Å². The maximum atomic E-state index is 11.7. The molecule has 0 radical (unpaired) electrons. The van der Waals surface area contributed by atoms with Crippen LogP contribution in [0.2, 0.25) is 0 Å². The molecule has 0 saturated carbocycles. The number of likely N-dealkylation sites (N-methyl/N-ethyl adjacent to an activating group) is 1. The van der Waals surface area contributed by atoms with Gasteiger partial charge in [-0.3, -0.25) is 9.59 Å². The molecule has 0 aliphatic carbocycles. The Labute approximate surface area is 100.0 Å². The van der Waals surface area contributed by atoms with Crippen molar-refractivity contribution in [2.75, 3.05) is 13.1 Å². The Morgan fingerprint density at radius 3 is 2.29 bits per heavy atom. The average Bonchev–Trinajstić information content (AvgIpc) is 2.23. The van der Waals surface area contributed by atoms with E-state index in [0.29, 0.717) is 13.0 Å². The van der Waals surface area contributed by atoms with Crippen molar-refractivity contribution in [1.29, 1.82) is 0 Å². The summed E-state index contributed by atoms with van der Waals surface area (Å²) < 4.78 is 0. The van der Waals surface area contributed by atoms with Crippen LogP contribution in [-0.4, -0.2) is 47.0 Å². The number of carbonyl (C=O) groups excluding carboxylic acids is 2. The highest BCUT2D eigenvalue weighted by Crippen LogP contribution is 1.99. The largest absolute Gasteiger partial charge is 0.481 e. The van der Waals surface area contributed by atoms with Gasteiger partial charge in [0.05, 0.1) is 6.42 Å². The molecule has 0 aliphatic rings. The Balaban J connectivity index is 4.36. The first-order valence-corrected chi connectivity index (χ1v) is 5.46. The van der Waals surface area contributed by atoms with Gasteiger partial charge in [0.25, 0.3) is 0 Å². The third-order valence-corrected chi connectivity index (χ3v) is 2.26. The van der Waals surface area contributed by atoms with Crippen LogP contribution in [0.15, 0.2) is 0 Å². The van der Waals surface area contributed by atoms with E-state index in [9.17, 15) is 14.4 Å². The van der Waals surface area contributed by atoms with Crippen molar-refractivity contribution < 1.29 is 19.5 Å². The molecule has 0 aromatic heterocycles. The lowest BCUT2D eigenvalue weighted by Crippen LogP contribution is -2.48. The summed E-state index contributed by atoms with van der Waals surface area (Å²) in [5, 5.41) is 11.2. The molecule has 0 aliphatic heterocycles. The molecule has 0 heterocycles. The predicted molar refractivity (Wildman–Crippen MR) is 61.3 cm³/mol. The van der Waals surface area contributed by atoms with Gasteiger partial charge in [-0.25, -0.2) is 4.79 Å². The molecule has 7 nitrogen and oxygen atoms in total. The number of carboxylic acid groups (broad SMARTS) is 1. The van der Waals surface area contributed by atoms with Gasteiger partial charge in [0, 0.05) is 12.6 Å². The minimum atomic E-state index is -0.977. The molecule has 0 aromatic carbocycles. The number of nitrogens with two attached hydrogens (primary N) is 1. The van der Waals surface area contributed by atoms with Crippen molar-refractivity contribution in [3.8, 4) is 0 Å². The number of hydrogen-bond acceptors (Lipinski definition) is 3. The maximum Gasteiger partial charge on any atom is 0.318 e. The zero-order chi connectivity index (χ0) is 13.4. The number of urea groups is 1. The van der Waals surface area contributed by atoms with Crippen LogP contribution in [0, 0.1) is 0 Å². The van der Waals surface area contributed by atoms with Gasteiger partial charge < -0.3 is 21.1 Å². The Hall–Kier alpha value is -1.79. The van der Waals surface area contributed by atoms with Crippen LogP contribution in [0.3, 0.4) is 0 Å². The lowest BCUT2D eigenvalue weighted by atomic mass is 10.1. The number of aliphatic carboxylic acids is 1. The van der Waals surface area contributed by atoms with E-state index in [4.69, 9.17) is 10.8 Å². The molecule has 0 bridgehead atoms. The fourth-order valence-corrected chi connectivity index (χ4v) is 1.29. The molecule has 0 saturated heterocycles. The van der Waals surface area contributed by atoms with E-state index in [-0.39, 0.29) is 13.0 Å². The maximum absolute atomic E-state index is 11.7. The molecular weight excluding hydrogens is 226 g/mol. The van der Waals surface area contributed by atoms with E-state index >= 15 is 0 Å². The zero-order valence-electron chi connectivity index (χ0n) is 10.1. The second-order valence-electron chi connectivity index (χ2n) is 3.63. The van der Waals surface area contributed by atoms with E-state index in [1.54, 1.807) is 13.8 Å². The third-order valence-electron chi connectivity index (χ3n) is 2.26. The molecular formula is C10H19N3O4. The van der Waals surface area contributed by atoms with Gasteiger partial charge >= 0.3 is 12.0 Å². The molecule has 7 heteroatoms. The standard InChI is InChI=1S/C10H19N3O4/c1-3-7(5-9(15)16)12-10(17)13(4-2)6-8(11)14/h7H,3-6H2,1-2H3,(H2,11,14)(H,12,17)(H,15,16). The molecule has 98 valence electrons. The number of nitrogens with zero attached hydrogens (tertiary/aromatic N) is 1. The Morgan fingerprint density at radius 1 is 1.35 bits per heavy atom. The molecule has 3 amide bonds. The summed E-state index contributed by atoms with van der Waals surface area (Å²) in [5.74, 6) is -1.58. The van der Waals surface area contributed by atoms with Gasteiger partial charge in [0.1, 0.15) is 6.54 Å². The second kappa shape index (κ2) is 7.48. The van der Waals surface area contributed by atoms with Crippen LogP contribution in [0.25, 0.3) is 0 Å². The van der Waals surface area contributed by atoms with Gasteiger partial charge in [-0.1, -0.05) is 6.92 Å². The minimum absolute atomic E-state index is 0.142. The van der Waals surface area contributed by atoms with Gasteiger partial charge in [-0.2, -0.15) is 0 Å². The summed E-state index contributed by atoms with van der Waals surface area (Å²) >= 11 is 0. The van der Waals surface area contributed by atoms with Crippen LogP contribution in [-0.2, 0) is 9.59 Å². The number of amides is 3. The SMILES string of the molecule is CCC(CC(=O)O)NC(=O)N(CC)CC(N)=O. The lowest BCUT2D eigenvalue weighted by Gasteiger charge is -2.23. The molecule has 0 spiro atoms. The normalized spacial score (nSPS) is 11.6. The van der Waals surface area contributed by atoms with E-state index < -0.39 is 23.9 Å². The Kier molecular flexibility index (Phi) is 6.69. The summed E-state index contributed by atoms with van der Waals surface area (Å²) in [6, 6.07) is -0.915. The van der Waals surface area contributed by atoms with E-state index in [2.05, 4.69) is 5.32 Å². The number of primary amides is 1. The fraction of sp³-hybridized carbons (Fsp3) is 0.700. The first-order valence-electron chi connectivity index (χ1n) is 5.46. The van der Waals surface area contributed by atoms with Gasteiger partial charge in [-0.05, 0) is 13.3 Å². The van der Waals surface area contributed by atoms with Crippen LogP contribution >= 0.6 is 0 Å². The number of rotatable bonds is 7. The molecule has 0 fully saturated rings. The first-order chi connectivity index (χ1) is 7.90. The Bertz CT molecular complexity index is 293. The summed E-state index contributed by atoms with van der Waals surface area (Å²) in [4.78, 5) is 34.1. The Morgan fingerprint density at radius 2 is 1.94 bits per heavy atom. The van der Waals surface area contributed by atoms with Crippen molar-refractivity contribution in [1.82, 2.24) is 10.2 Å². The molecule has 0 aromatic rings. The van der Waals surface area contributed by atoms with Crippen molar-refractivity contribution in [3.05, 3.63) is 0 Å². The smallest absolute Gasteiger partial charge is 0.318 e. The van der Waals surface area contributed by atoms with Crippen molar-refractivity contribution >= 4 is 17.9 Å². The fourth-order valence-electron chi connectivity index (χ4n) is 1.29. The van der Waals surface area contributed by atoms with Gasteiger partial charge in [-0.15, -0.1) is 0 Å². The predicted octanol–water partition coefficient (Wildman–Crippen LogP) is -0.243. The highest BCUT2D eigenvalue weighted by atomic mass is 16.4. The quantitative estimate of drug-likeness (QED) is 0.574. The molecule has 1 atom stereocenters. The van der Waals surface area contributed by atoms with E-state index in [1.807, 2.05) is 0 Å². The molecule has 4 N–H and O–H groups in total. The summed E-state index contributed by atoms with van der Waals surface area (Å²) in [6.07, 6.45) is 0.364. The molecule has 0 rings (SSSR count). The summed E-state index contributed by atoms with van der Waals surface area (Å²) in [7, 11) is 0. The number of carboxylic acids is 1. The number of hydrogen-bond donors (Lipinski definition) is 3. The second-order valence-corrected chi connectivity index (χ2v) is 3.63. The van der Waals surface area contributed by atoms with Crippen molar-refractivity contribution in [3.63, 3.8) is 0 Å². The molecule has 1 unspecified atom stereocenters. The highest BCUT2D eigenvalue weighted by Gasteiger charge is 2.18. The highest BCUT2D eigenvalue weighted by molar-refractivity contribution is 5.83. The van der Waals surface area contributed by atoms with E-state index in [1.165, 1.54) is 4.90 Å². The number of nitrogens with one attached hydrogen (secondary N) is 1. The van der Waals surface area contributed by atoms with Crippen molar-refractivity contribution in [2.45, 2.75) is 32.7 Å². The van der Waals surface area contributed by atoms with Crippen LogP contribution in [0.1, 0.15) is 26.7 Å². The van der Waals surface area contributed by atoms with Crippen LogP contribution in [0.5, 0.6) is 0 Å². The molecule has 17 heavy (non-hydrogen) atoms. The summed E-state index contributed by atoms with van der Waals surface area (Å²) in [6.45, 7) is 3.64. The summed E-state index contributed by atoms with van der Waals surface area (Å²) in [5.41, 5.74) is 5.00. The van der Waals surface area contributed by atoms with Crippen LogP contribution < -0.4 is 11.1 Å². The third kappa shape index (κ3) is 6.39. The minimum Gasteiger partial charge on any atom is -0.481 e. The zero-order valence-corrected chi connectivity index (χ0v) is 10.1. The lowest BCUT2D eigenvalue weighted by molar-refractivity contribution is -0.137. The van der Waals surface area contributed by atoms with Crippen molar-refractivity contribution in [2.24, 2.45) is 5.73 Å². The first kappa shape index (κ1) is 15.2.